The molecule has 0 radical (unpaired) electrons. The fourth-order valence-corrected chi connectivity index (χ4v) is 0.878. The molecule has 0 amide bonds. The summed E-state index contributed by atoms with van der Waals surface area (Å²) in [6.07, 6.45) is 6.71. The normalized spacial score (nSPS) is 22.6. The molecule has 1 unspecified atom stereocenters. The maximum Gasteiger partial charge on any atom is 0.106 e. The molecule has 1 atom stereocenters. The number of hydrogen-bond acceptors (Lipinski definition) is 4. The molecule has 0 bridgehead atoms. The molecule has 0 saturated carbocycles. The summed E-state index contributed by atoms with van der Waals surface area (Å²) in [6, 6.07) is 0.279. The summed E-state index contributed by atoms with van der Waals surface area (Å²) in [5.74, 6) is 0. The first kappa shape index (κ1) is 11.3. The molecule has 0 spiro atoms. The van der Waals surface area contributed by atoms with Gasteiger partial charge in [-0.05, 0) is 12.6 Å². The van der Waals surface area contributed by atoms with Crippen molar-refractivity contribution in [2.75, 3.05) is 13.8 Å². The van der Waals surface area contributed by atoms with Crippen LogP contribution in [0.5, 0.6) is 0 Å². The second kappa shape index (κ2) is 6.94. The first-order valence-corrected chi connectivity index (χ1v) is 3.62. The third-order valence-corrected chi connectivity index (χ3v) is 1.44. The van der Waals surface area contributed by atoms with Gasteiger partial charge in [-0.1, -0.05) is 11.2 Å². The van der Waals surface area contributed by atoms with E-state index in [1.54, 1.807) is 13.3 Å². The monoisotopic (exact) mass is 191 g/mol. The number of nitrogens with one attached hydrogen (secondary N) is 2. The molecule has 1 rings (SSSR count). The Morgan fingerprint density at radius 3 is 3.25 bits per heavy atom. The lowest BCUT2D eigenvalue weighted by Crippen LogP contribution is -2.34. The van der Waals surface area contributed by atoms with E-state index in [1.165, 1.54) is 0 Å². The lowest BCUT2D eigenvalue weighted by Gasteiger charge is -2.07. The summed E-state index contributed by atoms with van der Waals surface area (Å²) in [7, 11) is 1.54. The molecular formula is C7H14ClN3O. The standard InChI is InChI=1S/C7H13N3O.ClH/c1-11-10-5-7-3-2-4-8-6-9-7;/h2,4-5,7-9H,3,6H2,1H3;1H. The molecule has 70 valence electrons. The average Bonchev–Trinajstić information content (AvgIpc) is 2.28. The molecule has 12 heavy (non-hydrogen) atoms. The molecule has 5 heteroatoms. The molecule has 0 aromatic heterocycles. The molecule has 0 aromatic rings. The third-order valence-electron chi connectivity index (χ3n) is 1.44. The van der Waals surface area contributed by atoms with Crippen molar-refractivity contribution in [3.8, 4) is 0 Å². The van der Waals surface area contributed by atoms with Gasteiger partial charge < -0.3 is 10.2 Å². The lowest BCUT2D eigenvalue weighted by molar-refractivity contribution is 0.213. The van der Waals surface area contributed by atoms with Crippen LogP contribution in [-0.2, 0) is 4.84 Å². The molecule has 0 aromatic carbocycles. The smallest absolute Gasteiger partial charge is 0.106 e. The Balaban J connectivity index is 0.00000121. The van der Waals surface area contributed by atoms with Crippen LogP contribution in [-0.4, -0.2) is 26.0 Å². The summed E-state index contributed by atoms with van der Waals surface area (Å²) in [4.78, 5) is 4.57. The Bertz CT molecular complexity index is 161. The Labute approximate surface area is 78.4 Å². The second-order valence-corrected chi connectivity index (χ2v) is 2.27. The number of oxime groups is 1. The molecule has 4 nitrogen and oxygen atoms in total. The molecule has 0 saturated heterocycles. The minimum atomic E-state index is 0. The van der Waals surface area contributed by atoms with Gasteiger partial charge in [0.05, 0.1) is 18.9 Å². The van der Waals surface area contributed by atoms with Crippen molar-refractivity contribution in [2.45, 2.75) is 12.5 Å². The highest BCUT2D eigenvalue weighted by Crippen LogP contribution is 1.92. The lowest BCUT2D eigenvalue weighted by atomic mass is 10.2. The summed E-state index contributed by atoms with van der Waals surface area (Å²) in [5, 5.41) is 9.96. The fraction of sp³-hybridized carbons (Fsp3) is 0.571. The maximum absolute atomic E-state index is 4.57. The first-order valence-electron chi connectivity index (χ1n) is 3.62. The van der Waals surface area contributed by atoms with Crippen LogP contribution in [0.4, 0.5) is 0 Å². The van der Waals surface area contributed by atoms with Gasteiger partial charge in [-0.15, -0.1) is 12.4 Å². The molecule has 1 aliphatic rings. The minimum Gasteiger partial charge on any atom is -0.399 e. The van der Waals surface area contributed by atoms with Gasteiger partial charge in [0.2, 0.25) is 0 Å². The minimum absolute atomic E-state index is 0. The molecule has 2 N–H and O–H groups in total. The van der Waals surface area contributed by atoms with Crippen LogP contribution in [0.25, 0.3) is 0 Å². The first-order chi connectivity index (χ1) is 5.43. The van der Waals surface area contributed by atoms with E-state index >= 15 is 0 Å². The van der Waals surface area contributed by atoms with Gasteiger partial charge in [-0.2, -0.15) is 0 Å². The highest BCUT2D eigenvalue weighted by Gasteiger charge is 2.03. The van der Waals surface area contributed by atoms with Crippen molar-refractivity contribution in [3.05, 3.63) is 12.3 Å². The second-order valence-electron chi connectivity index (χ2n) is 2.27. The summed E-state index contributed by atoms with van der Waals surface area (Å²) >= 11 is 0. The Hall–Kier alpha value is -0.740. The van der Waals surface area contributed by atoms with Crippen molar-refractivity contribution in [1.82, 2.24) is 10.6 Å². The van der Waals surface area contributed by atoms with Crippen molar-refractivity contribution in [3.63, 3.8) is 0 Å². The van der Waals surface area contributed by atoms with E-state index in [9.17, 15) is 0 Å². The van der Waals surface area contributed by atoms with Crippen molar-refractivity contribution in [2.24, 2.45) is 5.16 Å². The van der Waals surface area contributed by atoms with E-state index in [0.717, 1.165) is 13.1 Å². The van der Waals surface area contributed by atoms with Crippen molar-refractivity contribution >= 4 is 18.6 Å². The van der Waals surface area contributed by atoms with E-state index in [0.29, 0.717) is 0 Å². The predicted molar refractivity (Wildman–Crippen MR) is 51.4 cm³/mol. The summed E-state index contributed by atoms with van der Waals surface area (Å²) < 4.78 is 0. The van der Waals surface area contributed by atoms with Crippen LogP contribution in [0.3, 0.4) is 0 Å². The highest BCUT2D eigenvalue weighted by molar-refractivity contribution is 5.85. The van der Waals surface area contributed by atoms with Gasteiger partial charge in [0.1, 0.15) is 7.11 Å². The van der Waals surface area contributed by atoms with Crippen LogP contribution >= 0.6 is 12.4 Å². The summed E-state index contributed by atoms with van der Waals surface area (Å²) in [6.45, 7) is 0.775. The van der Waals surface area contributed by atoms with E-state index < -0.39 is 0 Å². The molecule has 1 aliphatic heterocycles. The van der Waals surface area contributed by atoms with Crippen LogP contribution in [0.2, 0.25) is 0 Å². The van der Waals surface area contributed by atoms with Crippen molar-refractivity contribution in [1.29, 1.82) is 0 Å². The Morgan fingerprint density at radius 2 is 2.50 bits per heavy atom. The number of hydrogen-bond donors (Lipinski definition) is 2. The molecule has 0 fully saturated rings. The largest absolute Gasteiger partial charge is 0.399 e. The van der Waals surface area contributed by atoms with Gasteiger partial charge in [0.25, 0.3) is 0 Å². The van der Waals surface area contributed by atoms with Gasteiger partial charge in [0.15, 0.2) is 0 Å². The Kier molecular flexibility index (Phi) is 6.51. The molecule has 1 heterocycles. The topological polar surface area (TPSA) is 45.6 Å². The zero-order valence-corrected chi connectivity index (χ0v) is 7.80. The van der Waals surface area contributed by atoms with Gasteiger partial charge in [-0.25, -0.2) is 0 Å². The SMILES string of the molecule is CON=CC1CC=CNCN1.Cl. The number of halogens is 1. The van der Waals surface area contributed by atoms with Crippen LogP contribution in [0.15, 0.2) is 17.4 Å². The van der Waals surface area contributed by atoms with E-state index in [2.05, 4.69) is 26.7 Å². The number of nitrogens with zero attached hydrogens (tertiary/aromatic N) is 1. The van der Waals surface area contributed by atoms with E-state index in [4.69, 9.17) is 0 Å². The maximum atomic E-state index is 4.57. The van der Waals surface area contributed by atoms with Crippen LogP contribution < -0.4 is 10.6 Å². The summed E-state index contributed by atoms with van der Waals surface area (Å²) in [5.41, 5.74) is 0. The zero-order chi connectivity index (χ0) is 7.94. The van der Waals surface area contributed by atoms with E-state index in [1.807, 2.05) is 6.20 Å². The van der Waals surface area contributed by atoms with Crippen LogP contribution in [0.1, 0.15) is 6.42 Å². The van der Waals surface area contributed by atoms with Gasteiger partial charge in [-0.3, -0.25) is 5.32 Å². The predicted octanol–water partition coefficient (Wildman–Crippen LogP) is 0.463. The average molecular weight is 192 g/mol. The number of rotatable bonds is 2. The highest BCUT2D eigenvalue weighted by atomic mass is 35.5. The fourth-order valence-electron chi connectivity index (χ4n) is 0.878. The quantitative estimate of drug-likeness (QED) is 0.493. The van der Waals surface area contributed by atoms with E-state index in [-0.39, 0.29) is 18.4 Å². The third kappa shape index (κ3) is 4.20. The Morgan fingerprint density at radius 1 is 1.67 bits per heavy atom. The van der Waals surface area contributed by atoms with Gasteiger partial charge >= 0.3 is 0 Å². The van der Waals surface area contributed by atoms with Crippen molar-refractivity contribution < 1.29 is 4.84 Å². The molecule has 0 aliphatic carbocycles. The van der Waals surface area contributed by atoms with Gasteiger partial charge in [0, 0.05) is 0 Å². The zero-order valence-electron chi connectivity index (χ0n) is 6.99. The molecular weight excluding hydrogens is 178 g/mol. The van der Waals surface area contributed by atoms with Crippen LogP contribution in [0, 0.1) is 0 Å².